The van der Waals surface area contributed by atoms with Gasteiger partial charge in [-0.15, -0.1) is 0 Å². The number of benzene rings is 1. The molecule has 2 aromatic heterocycles. The van der Waals surface area contributed by atoms with Gasteiger partial charge in [-0.3, -0.25) is 9.48 Å². The van der Waals surface area contributed by atoms with Gasteiger partial charge in [-0.25, -0.2) is 4.98 Å². The van der Waals surface area contributed by atoms with Crippen LogP contribution in [0.5, 0.6) is 11.5 Å². The van der Waals surface area contributed by atoms with Crippen LogP contribution >= 0.6 is 0 Å². The number of nitrogens with zero attached hydrogens (tertiary/aromatic N) is 7. The van der Waals surface area contributed by atoms with E-state index in [0.717, 1.165) is 43.5 Å². The van der Waals surface area contributed by atoms with Crippen molar-refractivity contribution in [3.05, 3.63) is 42.2 Å². The lowest BCUT2D eigenvalue weighted by Crippen LogP contribution is -2.49. The minimum absolute atomic E-state index is 0.0341. The first-order valence-electron chi connectivity index (χ1n) is 12.0. The van der Waals surface area contributed by atoms with Crippen molar-refractivity contribution in [3.63, 3.8) is 0 Å². The summed E-state index contributed by atoms with van der Waals surface area (Å²) in [5, 5.41) is 4.59. The minimum atomic E-state index is -0.0341. The molecule has 2 saturated heterocycles. The largest absolute Gasteiger partial charge is 0.497 e. The van der Waals surface area contributed by atoms with E-state index in [1.165, 1.54) is 12.8 Å². The summed E-state index contributed by atoms with van der Waals surface area (Å²) < 4.78 is 12.5. The summed E-state index contributed by atoms with van der Waals surface area (Å²) in [5.41, 5.74) is 1.99. The van der Waals surface area contributed by atoms with E-state index in [1.54, 1.807) is 25.9 Å². The number of piperazine rings is 1. The average molecular weight is 478 g/mol. The third-order valence-electron chi connectivity index (χ3n) is 6.69. The first-order valence-corrected chi connectivity index (χ1v) is 12.0. The summed E-state index contributed by atoms with van der Waals surface area (Å²) in [6, 6.07) is 9.31. The standard InChI is InChI=1S/C25H31N7O3/c1-29-21(17-20(28-29)19-16-18(34-2)6-7-22(19)35-3)24(33)31-14-12-30(13-15-31)23-8-9-26-25(27-23)32-10-4-5-11-32/h6-9,16-17H,4-5,10-15H2,1-3H3. The fourth-order valence-electron chi connectivity index (χ4n) is 4.70. The van der Waals surface area contributed by atoms with E-state index in [4.69, 9.17) is 14.5 Å². The minimum Gasteiger partial charge on any atom is -0.497 e. The van der Waals surface area contributed by atoms with Crippen LogP contribution in [-0.4, -0.2) is 84.0 Å². The van der Waals surface area contributed by atoms with Crippen molar-refractivity contribution in [3.8, 4) is 22.8 Å². The van der Waals surface area contributed by atoms with Crippen molar-refractivity contribution >= 4 is 17.7 Å². The fraction of sp³-hybridized carbons (Fsp3) is 0.440. The van der Waals surface area contributed by atoms with E-state index in [0.29, 0.717) is 36.0 Å². The maximum absolute atomic E-state index is 13.4. The van der Waals surface area contributed by atoms with Gasteiger partial charge in [-0.2, -0.15) is 10.1 Å². The topological polar surface area (TPSA) is 88.9 Å². The first kappa shape index (κ1) is 22.9. The summed E-state index contributed by atoms with van der Waals surface area (Å²) in [7, 11) is 5.03. The SMILES string of the molecule is COc1ccc(OC)c(-c2cc(C(=O)N3CCN(c4ccnc(N5CCCC5)n4)CC3)n(C)n2)c1. The summed E-state index contributed by atoms with van der Waals surface area (Å²) in [6.45, 7) is 4.70. The molecule has 2 aliphatic heterocycles. The van der Waals surface area contributed by atoms with E-state index in [1.807, 2.05) is 41.4 Å². The van der Waals surface area contributed by atoms with E-state index in [2.05, 4.69) is 19.9 Å². The summed E-state index contributed by atoms with van der Waals surface area (Å²) in [5.74, 6) is 3.06. The van der Waals surface area contributed by atoms with Crippen LogP contribution in [0.2, 0.25) is 0 Å². The van der Waals surface area contributed by atoms with Crippen LogP contribution in [0.15, 0.2) is 36.5 Å². The van der Waals surface area contributed by atoms with Crippen LogP contribution in [0.25, 0.3) is 11.3 Å². The highest BCUT2D eigenvalue weighted by molar-refractivity contribution is 5.94. The molecule has 0 aliphatic carbocycles. The molecule has 1 aromatic carbocycles. The molecule has 0 saturated carbocycles. The zero-order chi connectivity index (χ0) is 24.4. The molecule has 2 fully saturated rings. The Bertz CT molecular complexity index is 1200. The highest BCUT2D eigenvalue weighted by Crippen LogP contribution is 2.33. The van der Waals surface area contributed by atoms with Crippen molar-refractivity contribution < 1.29 is 14.3 Å². The number of ether oxygens (including phenoxy) is 2. The number of rotatable bonds is 6. The smallest absolute Gasteiger partial charge is 0.272 e. The third kappa shape index (κ3) is 4.60. The quantitative estimate of drug-likeness (QED) is 0.535. The van der Waals surface area contributed by atoms with Gasteiger partial charge in [0.05, 0.1) is 19.9 Å². The summed E-state index contributed by atoms with van der Waals surface area (Å²) >= 11 is 0. The van der Waals surface area contributed by atoms with E-state index in [-0.39, 0.29) is 5.91 Å². The third-order valence-corrected chi connectivity index (χ3v) is 6.69. The number of amides is 1. The van der Waals surface area contributed by atoms with Crippen molar-refractivity contribution in [2.24, 2.45) is 7.05 Å². The Hall–Kier alpha value is -3.82. The molecule has 5 rings (SSSR count). The lowest BCUT2D eigenvalue weighted by molar-refractivity contribution is 0.0735. The molecule has 184 valence electrons. The number of carbonyl (C=O) groups excluding carboxylic acids is 1. The lowest BCUT2D eigenvalue weighted by atomic mass is 10.1. The molecule has 4 heterocycles. The number of hydrogen-bond donors (Lipinski definition) is 0. The average Bonchev–Trinajstić information content (AvgIpc) is 3.58. The molecule has 0 atom stereocenters. The Balaban J connectivity index is 1.28. The Kier molecular flexibility index (Phi) is 6.43. The molecular weight excluding hydrogens is 446 g/mol. The maximum Gasteiger partial charge on any atom is 0.272 e. The van der Waals surface area contributed by atoms with Crippen molar-refractivity contribution in [2.75, 3.05) is 63.3 Å². The second kappa shape index (κ2) is 9.81. The number of anilines is 2. The molecule has 35 heavy (non-hydrogen) atoms. The normalized spacial score (nSPS) is 16.0. The first-order chi connectivity index (χ1) is 17.1. The van der Waals surface area contributed by atoms with E-state index >= 15 is 0 Å². The second-order valence-corrected chi connectivity index (χ2v) is 8.79. The van der Waals surface area contributed by atoms with Crippen LogP contribution in [-0.2, 0) is 7.05 Å². The van der Waals surface area contributed by atoms with Crippen molar-refractivity contribution in [2.45, 2.75) is 12.8 Å². The van der Waals surface area contributed by atoms with Gasteiger partial charge in [-0.05, 0) is 43.2 Å². The van der Waals surface area contributed by atoms with Crippen LogP contribution in [0.4, 0.5) is 11.8 Å². The highest BCUT2D eigenvalue weighted by atomic mass is 16.5. The molecular formula is C25H31N7O3. The van der Waals surface area contributed by atoms with Crippen LogP contribution in [0, 0.1) is 0 Å². The van der Waals surface area contributed by atoms with Gasteiger partial charge in [0.25, 0.3) is 5.91 Å². The number of methoxy groups -OCH3 is 2. The lowest BCUT2D eigenvalue weighted by Gasteiger charge is -2.35. The zero-order valence-electron chi connectivity index (χ0n) is 20.5. The molecule has 0 unspecified atom stereocenters. The molecule has 10 nitrogen and oxygen atoms in total. The molecule has 0 spiro atoms. The van der Waals surface area contributed by atoms with Gasteiger partial charge in [0, 0.05) is 58.1 Å². The van der Waals surface area contributed by atoms with Crippen LogP contribution in [0.1, 0.15) is 23.3 Å². The van der Waals surface area contributed by atoms with Gasteiger partial charge >= 0.3 is 0 Å². The van der Waals surface area contributed by atoms with E-state index in [9.17, 15) is 4.79 Å². The molecule has 1 amide bonds. The second-order valence-electron chi connectivity index (χ2n) is 8.79. The van der Waals surface area contributed by atoms with Gasteiger partial charge in [0.1, 0.15) is 23.0 Å². The molecule has 0 bridgehead atoms. The van der Waals surface area contributed by atoms with Gasteiger partial charge in [0.15, 0.2) is 0 Å². The van der Waals surface area contributed by atoms with Gasteiger partial charge in [-0.1, -0.05) is 0 Å². The fourth-order valence-corrected chi connectivity index (χ4v) is 4.70. The molecule has 0 N–H and O–H groups in total. The predicted molar refractivity (Wildman–Crippen MR) is 133 cm³/mol. The Morgan fingerprint density at radius 1 is 0.914 bits per heavy atom. The Morgan fingerprint density at radius 2 is 1.69 bits per heavy atom. The number of aryl methyl sites for hydroxylation is 1. The highest BCUT2D eigenvalue weighted by Gasteiger charge is 2.26. The van der Waals surface area contributed by atoms with Crippen molar-refractivity contribution in [1.82, 2.24) is 24.6 Å². The van der Waals surface area contributed by atoms with Gasteiger partial charge < -0.3 is 24.2 Å². The monoisotopic (exact) mass is 477 g/mol. The van der Waals surface area contributed by atoms with E-state index < -0.39 is 0 Å². The van der Waals surface area contributed by atoms with Crippen LogP contribution in [0.3, 0.4) is 0 Å². The molecule has 3 aromatic rings. The zero-order valence-corrected chi connectivity index (χ0v) is 20.5. The van der Waals surface area contributed by atoms with Gasteiger partial charge in [0.2, 0.25) is 5.95 Å². The predicted octanol–water partition coefficient (Wildman–Crippen LogP) is 2.46. The molecule has 0 radical (unpaired) electrons. The van der Waals surface area contributed by atoms with Crippen LogP contribution < -0.4 is 19.3 Å². The van der Waals surface area contributed by atoms with Crippen molar-refractivity contribution in [1.29, 1.82) is 0 Å². The summed E-state index contributed by atoms with van der Waals surface area (Å²) in [4.78, 5) is 29.0. The maximum atomic E-state index is 13.4. The number of aromatic nitrogens is 4. The number of hydrogen-bond acceptors (Lipinski definition) is 8. The Labute approximate surface area is 205 Å². The molecule has 2 aliphatic rings. The molecule has 10 heteroatoms. The summed E-state index contributed by atoms with van der Waals surface area (Å²) in [6.07, 6.45) is 4.21. The number of carbonyl (C=O) groups is 1. The Morgan fingerprint density at radius 3 is 2.40 bits per heavy atom.